The Morgan fingerprint density at radius 2 is 1.44 bits per heavy atom. The minimum absolute atomic E-state index is 0.789. The maximum atomic E-state index is 3.79. The van der Waals surface area contributed by atoms with Crippen molar-refractivity contribution in [2.75, 3.05) is 18.6 Å². The normalized spacial score (nSPS) is 11.3. The van der Waals surface area contributed by atoms with E-state index in [0.717, 1.165) is 6.04 Å². The first kappa shape index (κ1) is 18.3. The van der Waals surface area contributed by atoms with Crippen molar-refractivity contribution in [1.82, 2.24) is 5.32 Å². The first-order valence-electron chi connectivity index (χ1n) is 8.07. The molecule has 1 nitrogen and oxygen atoms in total. The molecule has 0 radical (unpaired) electrons. The van der Waals surface area contributed by atoms with Crippen LogP contribution in [0.15, 0.2) is 0 Å². The summed E-state index contributed by atoms with van der Waals surface area (Å²) in [6.45, 7) is 5.81. The summed E-state index contributed by atoms with van der Waals surface area (Å²) in [4.78, 5) is 0. The van der Waals surface area contributed by atoms with Crippen molar-refractivity contribution in [2.24, 2.45) is 0 Å². The standard InChI is InChI=1S/C16H35NS/c1-4-6-8-12-16(13-9-7-5-2)17-14-10-11-15-18-3/h16-17H,4-15H2,1-3H3. The number of hydrogen-bond acceptors (Lipinski definition) is 2. The van der Waals surface area contributed by atoms with Gasteiger partial charge in [-0.2, -0.15) is 11.8 Å². The van der Waals surface area contributed by atoms with Gasteiger partial charge in [0.2, 0.25) is 0 Å². The van der Waals surface area contributed by atoms with Gasteiger partial charge in [0, 0.05) is 6.04 Å². The third kappa shape index (κ3) is 12.8. The van der Waals surface area contributed by atoms with Gasteiger partial charge in [0.15, 0.2) is 0 Å². The maximum Gasteiger partial charge on any atom is 0.00670 e. The van der Waals surface area contributed by atoms with E-state index < -0.39 is 0 Å². The Kier molecular flexibility index (Phi) is 15.6. The van der Waals surface area contributed by atoms with Gasteiger partial charge in [-0.05, 0) is 44.2 Å². The van der Waals surface area contributed by atoms with E-state index in [1.807, 2.05) is 11.8 Å². The van der Waals surface area contributed by atoms with Gasteiger partial charge < -0.3 is 5.32 Å². The van der Waals surface area contributed by atoms with Gasteiger partial charge in [0.1, 0.15) is 0 Å². The van der Waals surface area contributed by atoms with Crippen LogP contribution in [0.3, 0.4) is 0 Å². The number of nitrogens with one attached hydrogen (secondary N) is 1. The van der Waals surface area contributed by atoms with Crippen molar-refractivity contribution >= 4 is 11.8 Å². The monoisotopic (exact) mass is 273 g/mol. The first-order valence-corrected chi connectivity index (χ1v) is 9.46. The molecule has 2 heteroatoms. The number of unbranched alkanes of at least 4 members (excludes halogenated alkanes) is 5. The van der Waals surface area contributed by atoms with Crippen molar-refractivity contribution in [3.63, 3.8) is 0 Å². The summed E-state index contributed by atoms with van der Waals surface area (Å²) in [5.74, 6) is 1.32. The van der Waals surface area contributed by atoms with E-state index in [-0.39, 0.29) is 0 Å². The molecular formula is C16H35NS. The van der Waals surface area contributed by atoms with Crippen LogP contribution in [0.5, 0.6) is 0 Å². The minimum Gasteiger partial charge on any atom is -0.314 e. The van der Waals surface area contributed by atoms with Crippen LogP contribution in [0.2, 0.25) is 0 Å². The summed E-state index contributed by atoms with van der Waals surface area (Å²) in [5, 5.41) is 3.79. The highest BCUT2D eigenvalue weighted by molar-refractivity contribution is 7.98. The van der Waals surface area contributed by atoms with E-state index in [1.54, 1.807) is 0 Å². The molecule has 0 aromatic heterocycles. The lowest BCUT2D eigenvalue weighted by Gasteiger charge is -2.18. The minimum atomic E-state index is 0.789. The molecule has 0 amide bonds. The summed E-state index contributed by atoms with van der Waals surface area (Å²) in [5.41, 5.74) is 0. The lowest BCUT2D eigenvalue weighted by molar-refractivity contribution is 0.416. The van der Waals surface area contributed by atoms with Gasteiger partial charge in [0.25, 0.3) is 0 Å². The summed E-state index contributed by atoms with van der Waals surface area (Å²) < 4.78 is 0. The van der Waals surface area contributed by atoms with Gasteiger partial charge >= 0.3 is 0 Å². The van der Waals surface area contributed by atoms with E-state index in [2.05, 4.69) is 25.4 Å². The molecule has 0 aromatic rings. The maximum absolute atomic E-state index is 3.79. The molecular weight excluding hydrogens is 238 g/mol. The molecule has 1 N–H and O–H groups in total. The molecule has 0 atom stereocenters. The average molecular weight is 274 g/mol. The van der Waals surface area contributed by atoms with Crippen LogP contribution in [0, 0.1) is 0 Å². The molecule has 0 aliphatic rings. The largest absolute Gasteiger partial charge is 0.314 e. The molecule has 0 saturated heterocycles. The van der Waals surface area contributed by atoms with Gasteiger partial charge in [0.05, 0.1) is 0 Å². The van der Waals surface area contributed by atoms with Crippen LogP contribution in [-0.4, -0.2) is 24.6 Å². The Labute approximate surface area is 120 Å². The molecule has 0 heterocycles. The summed E-state index contributed by atoms with van der Waals surface area (Å²) in [7, 11) is 0. The third-order valence-corrected chi connectivity index (χ3v) is 4.22. The van der Waals surface area contributed by atoms with E-state index in [9.17, 15) is 0 Å². The molecule has 0 saturated carbocycles. The Morgan fingerprint density at radius 3 is 1.94 bits per heavy atom. The second-order valence-corrected chi connectivity index (χ2v) is 6.33. The summed E-state index contributed by atoms with van der Waals surface area (Å²) >= 11 is 1.97. The topological polar surface area (TPSA) is 12.0 Å². The second-order valence-electron chi connectivity index (χ2n) is 5.34. The molecule has 110 valence electrons. The van der Waals surface area contributed by atoms with Crippen molar-refractivity contribution in [1.29, 1.82) is 0 Å². The van der Waals surface area contributed by atoms with Crippen molar-refractivity contribution in [3.8, 4) is 0 Å². The number of thioether (sulfide) groups is 1. The highest BCUT2D eigenvalue weighted by Gasteiger charge is 2.06. The molecule has 0 rings (SSSR count). The molecule has 0 spiro atoms. The van der Waals surface area contributed by atoms with Crippen molar-refractivity contribution < 1.29 is 0 Å². The van der Waals surface area contributed by atoms with E-state index in [1.165, 1.54) is 76.5 Å². The molecule has 18 heavy (non-hydrogen) atoms. The fraction of sp³-hybridized carbons (Fsp3) is 1.00. The summed E-state index contributed by atoms with van der Waals surface area (Å²) in [6.07, 6.45) is 16.0. The van der Waals surface area contributed by atoms with Crippen LogP contribution in [0.25, 0.3) is 0 Å². The summed E-state index contributed by atoms with van der Waals surface area (Å²) in [6, 6.07) is 0.789. The quantitative estimate of drug-likeness (QED) is 0.434. The Hall–Kier alpha value is 0.310. The van der Waals surface area contributed by atoms with E-state index >= 15 is 0 Å². The van der Waals surface area contributed by atoms with Gasteiger partial charge in [-0.25, -0.2) is 0 Å². The predicted molar refractivity (Wildman–Crippen MR) is 87.7 cm³/mol. The van der Waals surface area contributed by atoms with Crippen LogP contribution in [-0.2, 0) is 0 Å². The SMILES string of the molecule is CCCCCC(CCCCC)NCCCCSC. The lowest BCUT2D eigenvalue weighted by atomic mass is 10.0. The Balaban J connectivity index is 3.60. The Bertz CT molecular complexity index is 140. The van der Waals surface area contributed by atoms with E-state index in [4.69, 9.17) is 0 Å². The fourth-order valence-electron chi connectivity index (χ4n) is 2.31. The first-order chi connectivity index (χ1) is 8.85. The number of rotatable bonds is 14. The average Bonchev–Trinajstić information content (AvgIpc) is 2.38. The molecule has 0 unspecified atom stereocenters. The zero-order valence-electron chi connectivity index (χ0n) is 13.0. The lowest BCUT2D eigenvalue weighted by Crippen LogP contribution is -2.30. The zero-order chi connectivity index (χ0) is 13.5. The molecule has 0 fully saturated rings. The van der Waals surface area contributed by atoms with Gasteiger partial charge in [-0.3, -0.25) is 0 Å². The molecule has 0 aliphatic carbocycles. The van der Waals surface area contributed by atoms with Crippen LogP contribution >= 0.6 is 11.8 Å². The second kappa shape index (κ2) is 15.4. The Morgan fingerprint density at radius 1 is 0.833 bits per heavy atom. The van der Waals surface area contributed by atoms with Crippen molar-refractivity contribution in [3.05, 3.63) is 0 Å². The van der Waals surface area contributed by atoms with Crippen LogP contribution in [0.1, 0.15) is 78.1 Å². The third-order valence-electron chi connectivity index (χ3n) is 3.52. The number of hydrogen-bond donors (Lipinski definition) is 1. The molecule has 0 bridgehead atoms. The highest BCUT2D eigenvalue weighted by Crippen LogP contribution is 2.11. The zero-order valence-corrected chi connectivity index (χ0v) is 13.8. The van der Waals surface area contributed by atoms with Gasteiger partial charge in [-0.1, -0.05) is 52.4 Å². The highest BCUT2D eigenvalue weighted by atomic mass is 32.2. The van der Waals surface area contributed by atoms with Gasteiger partial charge in [-0.15, -0.1) is 0 Å². The van der Waals surface area contributed by atoms with E-state index in [0.29, 0.717) is 0 Å². The van der Waals surface area contributed by atoms with Crippen LogP contribution < -0.4 is 5.32 Å². The predicted octanol–water partition coefficient (Wildman–Crippen LogP) is 5.25. The van der Waals surface area contributed by atoms with Crippen LogP contribution in [0.4, 0.5) is 0 Å². The fourth-order valence-corrected chi connectivity index (χ4v) is 2.80. The molecule has 0 aromatic carbocycles. The molecule has 0 aliphatic heterocycles. The van der Waals surface area contributed by atoms with Crippen molar-refractivity contribution in [2.45, 2.75) is 84.1 Å². The smallest absolute Gasteiger partial charge is 0.00670 e.